The van der Waals surface area contributed by atoms with Crippen LogP contribution in [-0.2, 0) is 4.79 Å². The van der Waals surface area contributed by atoms with Crippen LogP contribution in [0.5, 0.6) is 5.75 Å². The Morgan fingerprint density at radius 1 is 1.59 bits per heavy atom. The molecule has 0 aliphatic rings. The molecule has 0 saturated heterocycles. The molecule has 17 heavy (non-hydrogen) atoms. The molecule has 1 aromatic carbocycles. The van der Waals surface area contributed by atoms with Gasteiger partial charge in [-0.15, -0.1) is 0 Å². The van der Waals surface area contributed by atoms with E-state index < -0.39 is 10.9 Å². The molecule has 0 amide bonds. The maximum Gasteiger partial charge on any atom is 0.333 e. The van der Waals surface area contributed by atoms with Gasteiger partial charge in [-0.25, -0.2) is 0 Å². The first-order valence-corrected chi connectivity index (χ1v) is 4.83. The van der Waals surface area contributed by atoms with E-state index in [0.29, 0.717) is 0 Å². The van der Waals surface area contributed by atoms with Crippen molar-refractivity contribution < 1.29 is 19.6 Å². The third-order valence-electron chi connectivity index (χ3n) is 2.06. The van der Waals surface area contributed by atoms with Crippen LogP contribution in [0.15, 0.2) is 18.2 Å². The van der Waals surface area contributed by atoms with Crippen molar-refractivity contribution in [3.63, 3.8) is 0 Å². The van der Waals surface area contributed by atoms with Gasteiger partial charge in [-0.3, -0.25) is 14.9 Å². The first-order valence-electron chi connectivity index (χ1n) is 4.83. The van der Waals surface area contributed by atoms with Gasteiger partial charge in [0.25, 0.3) is 0 Å². The van der Waals surface area contributed by atoms with Gasteiger partial charge < -0.3 is 15.2 Å². The van der Waals surface area contributed by atoms with Gasteiger partial charge in [0.05, 0.1) is 18.5 Å². The molecule has 0 aromatic heterocycles. The molecule has 2 N–H and O–H groups in total. The highest BCUT2D eigenvalue weighted by Crippen LogP contribution is 2.34. The van der Waals surface area contributed by atoms with E-state index in [0.717, 1.165) is 0 Å². The number of hydrogen-bond acceptors (Lipinski definition) is 5. The number of carboxylic acid groups (broad SMARTS) is 1. The minimum atomic E-state index is -0.969. The molecule has 92 valence electrons. The number of anilines is 1. The van der Waals surface area contributed by atoms with Gasteiger partial charge in [0.2, 0.25) is 0 Å². The molecule has 0 aliphatic heterocycles. The predicted octanol–water partition coefficient (Wildman–Crippen LogP) is 1.49. The van der Waals surface area contributed by atoms with E-state index in [4.69, 9.17) is 9.84 Å². The van der Waals surface area contributed by atoms with Crippen molar-refractivity contribution >= 4 is 17.3 Å². The molecule has 0 radical (unpaired) electrons. The summed E-state index contributed by atoms with van der Waals surface area (Å²) in [6, 6.07) is 4.57. The van der Waals surface area contributed by atoms with E-state index in [1.165, 1.54) is 19.2 Å². The summed E-state index contributed by atoms with van der Waals surface area (Å²) < 4.78 is 4.88. The zero-order valence-corrected chi connectivity index (χ0v) is 9.17. The molecule has 0 atom stereocenters. The SMILES string of the molecule is COc1cccc(NCCC(=O)O)c1[N+](=O)[O-]. The van der Waals surface area contributed by atoms with Crippen LogP contribution in [0.1, 0.15) is 6.42 Å². The van der Waals surface area contributed by atoms with Gasteiger partial charge in [0.1, 0.15) is 5.69 Å². The van der Waals surface area contributed by atoms with E-state index in [1.54, 1.807) is 6.07 Å². The average Bonchev–Trinajstić information content (AvgIpc) is 2.27. The lowest BCUT2D eigenvalue weighted by Crippen LogP contribution is -2.09. The minimum Gasteiger partial charge on any atom is -0.490 e. The number of carbonyl (C=O) groups is 1. The van der Waals surface area contributed by atoms with Crippen LogP contribution in [-0.4, -0.2) is 29.7 Å². The Labute approximate surface area is 97.2 Å². The van der Waals surface area contributed by atoms with Gasteiger partial charge >= 0.3 is 11.7 Å². The molecule has 7 nitrogen and oxygen atoms in total. The van der Waals surface area contributed by atoms with Crippen LogP contribution in [0.3, 0.4) is 0 Å². The average molecular weight is 240 g/mol. The molecule has 0 unspecified atom stereocenters. The summed E-state index contributed by atoms with van der Waals surface area (Å²) in [7, 11) is 1.34. The Balaban J connectivity index is 2.90. The van der Waals surface area contributed by atoms with Crippen molar-refractivity contribution in [1.82, 2.24) is 0 Å². The first kappa shape index (κ1) is 12.8. The van der Waals surface area contributed by atoms with Crippen LogP contribution in [0.4, 0.5) is 11.4 Å². The quantitative estimate of drug-likeness (QED) is 0.577. The third kappa shape index (κ3) is 3.33. The number of methoxy groups -OCH3 is 1. The Morgan fingerprint density at radius 2 is 2.29 bits per heavy atom. The van der Waals surface area contributed by atoms with Crippen LogP contribution in [0.2, 0.25) is 0 Å². The number of ether oxygens (including phenoxy) is 1. The smallest absolute Gasteiger partial charge is 0.333 e. The minimum absolute atomic E-state index is 0.114. The lowest BCUT2D eigenvalue weighted by atomic mass is 10.2. The number of aliphatic carboxylic acids is 1. The molecule has 0 heterocycles. The molecule has 1 rings (SSSR count). The second kappa shape index (κ2) is 5.69. The first-order chi connectivity index (χ1) is 8.06. The number of nitrogens with zero attached hydrogens (tertiary/aromatic N) is 1. The highest BCUT2D eigenvalue weighted by atomic mass is 16.6. The lowest BCUT2D eigenvalue weighted by molar-refractivity contribution is -0.384. The summed E-state index contributed by atoms with van der Waals surface area (Å²) in [5, 5.41) is 22.0. The summed E-state index contributed by atoms with van der Waals surface area (Å²) in [5.41, 5.74) is 0.0518. The van der Waals surface area contributed by atoms with Crippen molar-refractivity contribution in [3.8, 4) is 5.75 Å². The van der Waals surface area contributed by atoms with Crippen LogP contribution in [0.25, 0.3) is 0 Å². The van der Waals surface area contributed by atoms with E-state index in [9.17, 15) is 14.9 Å². The molecule has 0 aliphatic carbocycles. The summed E-state index contributed by atoms with van der Waals surface area (Å²) >= 11 is 0. The summed E-state index contributed by atoms with van der Waals surface area (Å²) in [6.45, 7) is 0.114. The number of hydrogen-bond donors (Lipinski definition) is 2. The number of nitro benzene ring substituents is 1. The van der Waals surface area contributed by atoms with Crippen molar-refractivity contribution in [2.75, 3.05) is 19.0 Å². The number of nitrogens with one attached hydrogen (secondary N) is 1. The van der Waals surface area contributed by atoms with Gasteiger partial charge in [-0.05, 0) is 12.1 Å². The van der Waals surface area contributed by atoms with Crippen molar-refractivity contribution in [2.45, 2.75) is 6.42 Å². The second-order valence-electron chi connectivity index (χ2n) is 3.18. The fourth-order valence-electron chi connectivity index (χ4n) is 1.32. The number of nitro groups is 1. The molecule has 0 spiro atoms. The van der Waals surface area contributed by atoms with E-state index in [1.807, 2.05) is 0 Å². The Kier molecular flexibility index (Phi) is 4.27. The Bertz CT molecular complexity index is 433. The largest absolute Gasteiger partial charge is 0.490 e. The second-order valence-corrected chi connectivity index (χ2v) is 3.18. The summed E-state index contributed by atoms with van der Waals surface area (Å²) in [6.07, 6.45) is -0.117. The van der Waals surface area contributed by atoms with Gasteiger partial charge in [0, 0.05) is 6.54 Å². The zero-order chi connectivity index (χ0) is 12.8. The molecule has 0 fully saturated rings. The molecule has 1 aromatic rings. The molecule has 0 saturated carbocycles. The predicted molar refractivity (Wildman–Crippen MR) is 60.4 cm³/mol. The van der Waals surface area contributed by atoms with Crippen molar-refractivity contribution in [3.05, 3.63) is 28.3 Å². The molecule has 7 heteroatoms. The van der Waals surface area contributed by atoms with Crippen LogP contribution in [0, 0.1) is 10.1 Å². The van der Waals surface area contributed by atoms with Crippen LogP contribution >= 0.6 is 0 Å². The van der Waals surface area contributed by atoms with E-state index in [-0.39, 0.29) is 30.1 Å². The third-order valence-corrected chi connectivity index (χ3v) is 2.06. The fourth-order valence-corrected chi connectivity index (χ4v) is 1.32. The number of rotatable bonds is 6. The monoisotopic (exact) mass is 240 g/mol. The van der Waals surface area contributed by atoms with Crippen molar-refractivity contribution in [1.29, 1.82) is 0 Å². The Morgan fingerprint density at radius 3 is 2.82 bits per heavy atom. The van der Waals surface area contributed by atoms with Gasteiger partial charge in [0.15, 0.2) is 5.75 Å². The normalized spacial score (nSPS) is 9.71. The topological polar surface area (TPSA) is 102 Å². The van der Waals surface area contributed by atoms with Gasteiger partial charge in [-0.2, -0.15) is 0 Å². The number of benzene rings is 1. The Hall–Kier alpha value is -2.31. The highest BCUT2D eigenvalue weighted by molar-refractivity contribution is 5.70. The fraction of sp³-hybridized carbons (Fsp3) is 0.300. The van der Waals surface area contributed by atoms with E-state index >= 15 is 0 Å². The summed E-state index contributed by atoms with van der Waals surface area (Å²) in [4.78, 5) is 20.6. The molecule has 0 bridgehead atoms. The zero-order valence-electron chi connectivity index (χ0n) is 9.17. The highest BCUT2D eigenvalue weighted by Gasteiger charge is 2.20. The molecular formula is C10H12N2O5. The maximum absolute atomic E-state index is 10.9. The van der Waals surface area contributed by atoms with E-state index in [2.05, 4.69) is 5.32 Å². The summed E-state index contributed by atoms with van der Waals surface area (Å²) in [5.74, 6) is -0.835. The van der Waals surface area contributed by atoms with Crippen molar-refractivity contribution in [2.24, 2.45) is 0 Å². The van der Waals surface area contributed by atoms with Gasteiger partial charge in [-0.1, -0.05) is 6.07 Å². The standard InChI is InChI=1S/C10H12N2O5/c1-17-8-4-2-3-7(10(8)12(15)16)11-6-5-9(13)14/h2-4,11H,5-6H2,1H3,(H,13,14). The lowest BCUT2D eigenvalue weighted by Gasteiger charge is -2.08. The number of para-hydroxylation sites is 1. The van der Waals surface area contributed by atoms with Crippen LogP contribution < -0.4 is 10.1 Å². The maximum atomic E-state index is 10.9. The number of carboxylic acids is 1. The molecular weight excluding hydrogens is 228 g/mol.